The van der Waals surface area contributed by atoms with Crippen LogP contribution < -0.4 is 10.2 Å². The third-order valence-corrected chi connectivity index (χ3v) is 4.13. The van der Waals surface area contributed by atoms with Crippen molar-refractivity contribution in [3.8, 4) is 0 Å². The van der Waals surface area contributed by atoms with E-state index in [2.05, 4.69) is 58.5 Å². The van der Waals surface area contributed by atoms with Gasteiger partial charge in [0.05, 0.1) is 13.2 Å². The third-order valence-electron chi connectivity index (χ3n) is 4.13. The highest BCUT2D eigenvalue weighted by Gasteiger charge is 2.11. The van der Waals surface area contributed by atoms with Crippen LogP contribution in [0.15, 0.2) is 48.8 Å². The van der Waals surface area contributed by atoms with Gasteiger partial charge < -0.3 is 15.0 Å². The maximum atomic E-state index is 5.40. The molecule has 1 N–H and O–H groups in total. The van der Waals surface area contributed by atoms with Crippen molar-refractivity contribution in [3.05, 3.63) is 59.9 Å². The van der Waals surface area contributed by atoms with Crippen LogP contribution in [0.25, 0.3) is 0 Å². The first kappa shape index (κ1) is 15.0. The molecule has 1 atom stereocenters. The zero-order valence-corrected chi connectivity index (χ0v) is 13.0. The fraction of sp³-hybridized carbons (Fsp3) is 0.389. The highest BCUT2D eigenvalue weighted by molar-refractivity contribution is 5.47. The normalized spacial score (nSPS) is 16.5. The van der Waals surface area contributed by atoms with Crippen molar-refractivity contribution in [1.82, 2.24) is 10.3 Å². The van der Waals surface area contributed by atoms with E-state index < -0.39 is 0 Å². The van der Waals surface area contributed by atoms with Gasteiger partial charge in [0.1, 0.15) is 0 Å². The number of benzene rings is 1. The van der Waals surface area contributed by atoms with Crippen LogP contribution >= 0.6 is 0 Å². The van der Waals surface area contributed by atoms with E-state index >= 15 is 0 Å². The Morgan fingerprint density at radius 3 is 2.45 bits per heavy atom. The Kier molecular flexibility index (Phi) is 5.03. The molecule has 1 saturated heterocycles. The van der Waals surface area contributed by atoms with Crippen molar-refractivity contribution < 1.29 is 4.74 Å². The molecular formula is C18H23N3O. The van der Waals surface area contributed by atoms with Crippen LogP contribution in [0, 0.1) is 0 Å². The maximum absolute atomic E-state index is 5.40. The Labute approximate surface area is 132 Å². The molecule has 2 heterocycles. The van der Waals surface area contributed by atoms with E-state index in [0.717, 1.165) is 32.8 Å². The number of nitrogens with zero attached hydrogens (tertiary/aromatic N) is 2. The fourth-order valence-electron chi connectivity index (χ4n) is 2.69. The largest absolute Gasteiger partial charge is 0.378 e. The topological polar surface area (TPSA) is 37.4 Å². The molecule has 4 heteroatoms. The summed E-state index contributed by atoms with van der Waals surface area (Å²) >= 11 is 0. The summed E-state index contributed by atoms with van der Waals surface area (Å²) < 4.78 is 5.40. The van der Waals surface area contributed by atoms with Crippen LogP contribution in [0.2, 0.25) is 0 Å². The number of pyridine rings is 1. The van der Waals surface area contributed by atoms with Crippen molar-refractivity contribution in [2.24, 2.45) is 0 Å². The minimum atomic E-state index is 0.321. The van der Waals surface area contributed by atoms with Gasteiger partial charge in [-0.15, -0.1) is 0 Å². The fourth-order valence-corrected chi connectivity index (χ4v) is 2.69. The second-order valence-electron chi connectivity index (χ2n) is 5.65. The summed E-state index contributed by atoms with van der Waals surface area (Å²) in [5, 5.41) is 3.55. The molecule has 116 valence electrons. The van der Waals surface area contributed by atoms with E-state index in [-0.39, 0.29) is 0 Å². The van der Waals surface area contributed by atoms with Crippen LogP contribution in [0.4, 0.5) is 5.69 Å². The van der Waals surface area contributed by atoms with Gasteiger partial charge in [0, 0.05) is 43.8 Å². The molecule has 1 aromatic carbocycles. The molecule has 1 aliphatic heterocycles. The molecule has 0 bridgehead atoms. The molecule has 0 spiro atoms. The van der Waals surface area contributed by atoms with Crippen molar-refractivity contribution in [3.63, 3.8) is 0 Å². The minimum Gasteiger partial charge on any atom is -0.378 e. The molecule has 1 fully saturated rings. The van der Waals surface area contributed by atoms with Crippen molar-refractivity contribution >= 4 is 5.69 Å². The maximum Gasteiger partial charge on any atom is 0.0642 e. The molecule has 1 aromatic heterocycles. The third kappa shape index (κ3) is 3.84. The molecule has 1 aliphatic rings. The molecular weight excluding hydrogens is 274 g/mol. The zero-order valence-electron chi connectivity index (χ0n) is 13.0. The highest BCUT2D eigenvalue weighted by atomic mass is 16.5. The van der Waals surface area contributed by atoms with Crippen molar-refractivity contribution in [1.29, 1.82) is 0 Å². The minimum absolute atomic E-state index is 0.321. The Bertz CT molecular complexity index is 565. The number of ether oxygens (including phenoxy) is 1. The first-order valence-electron chi connectivity index (χ1n) is 7.88. The Balaban J connectivity index is 1.55. The Morgan fingerprint density at radius 2 is 1.77 bits per heavy atom. The van der Waals surface area contributed by atoms with E-state index in [1.165, 1.54) is 16.8 Å². The lowest BCUT2D eigenvalue weighted by Gasteiger charge is -2.29. The van der Waals surface area contributed by atoms with Gasteiger partial charge in [-0.05, 0) is 42.3 Å². The summed E-state index contributed by atoms with van der Waals surface area (Å²) in [5.74, 6) is 0. The molecule has 1 unspecified atom stereocenters. The lowest BCUT2D eigenvalue weighted by molar-refractivity contribution is 0.122. The number of rotatable bonds is 5. The molecule has 0 radical (unpaired) electrons. The number of aromatic nitrogens is 1. The van der Waals surface area contributed by atoms with E-state index in [0.29, 0.717) is 6.04 Å². The Morgan fingerprint density at radius 1 is 1.09 bits per heavy atom. The summed E-state index contributed by atoms with van der Waals surface area (Å²) in [6.45, 7) is 6.66. The van der Waals surface area contributed by atoms with E-state index in [4.69, 9.17) is 4.74 Å². The average Bonchev–Trinajstić information content (AvgIpc) is 2.61. The monoisotopic (exact) mass is 297 g/mol. The lowest BCUT2D eigenvalue weighted by atomic mass is 10.1. The van der Waals surface area contributed by atoms with Gasteiger partial charge in [-0.25, -0.2) is 0 Å². The van der Waals surface area contributed by atoms with Gasteiger partial charge in [-0.2, -0.15) is 0 Å². The lowest BCUT2D eigenvalue weighted by Crippen LogP contribution is -2.36. The summed E-state index contributed by atoms with van der Waals surface area (Å²) in [5.41, 5.74) is 3.85. The van der Waals surface area contributed by atoms with Gasteiger partial charge >= 0.3 is 0 Å². The van der Waals surface area contributed by atoms with E-state index in [1.807, 2.05) is 12.4 Å². The predicted molar refractivity (Wildman–Crippen MR) is 89.0 cm³/mol. The number of hydrogen-bond acceptors (Lipinski definition) is 4. The first-order chi connectivity index (χ1) is 10.8. The quantitative estimate of drug-likeness (QED) is 0.921. The molecule has 22 heavy (non-hydrogen) atoms. The van der Waals surface area contributed by atoms with Crippen LogP contribution in [0.5, 0.6) is 0 Å². The number of nitrogens with one attached hydrogen (secondary N) is 1. The highest BCUT2D eigenvalue weighted by Crippen LogP contribution is 2.17. The number of hydrogen-bond donors (Lipinski definition) is 1. The van der Waals surface area contributed by atoms with Crippen LogP contribution in [0.3, 0.4) is 0 Å². The Hall–Kier alpha value is -1.91. The van der Waals surface area contributed by atoms with Gasteiger partial charge in [0.25, 0.3) is 0 Å². The van der Waals surface area contributed by atoms with Gasteiger partial charge in [-0.3, -0.25) is 4.98 Å². The summed E-state index contributed by atoms with van der Waals surface area (Å²) in [7, 11) is 0. The second kappa shape index (κ2) is 7.38. The van der Waals surface area contributed by atoms with E-state index in [9.17, 15) is 0 Å². The van der Waals surface area contributed by atoms with Gasteiger partial charge in [0.2, 0.25) is 0 Å². The zero-order chi connectivity index (χ0) is 15.2. The second-order valence-corrected chi connectivity index (χ2v) is 5.65. The summed E-state index contributed by atoms with van der Waals surface area (Å²) in [6, 6.07) is 13.3. The standard InChI is InChI=1S/C18H23N3O/c1-15(17-6-8-19-9-7-17)20-14-16-2-4-18(5-3-16)21-10-12-22-13-11-21/h2-9,15,20H,10-14H2,1H3. The molecule has 0 saturated carbocycles. The van der Waals surface area contributed by atoms with Crippen molar-refractivity contribution in [2.75, 3.05) is 31.2 Å². The number of anilines is 1. The molecule has 4 nitrogen and oxygen atoms in total. The van der Waals surface area contributed by atoms with Crippen LogP contribution in [0.1, 0.15) is 24.1 Å². The van der Waals surface area contributed by atoms with Crippen LogP contribution in [-0.4, -0.2) is 31.3 Å². The van der Waals surface area contributed by atoms with E-state index in [1.54, 1.807) is 0 Å². The summed E-state index contributed by atoms with van der Waals surface area (Å²) in [4.78, 5) is 6.43. The molecule has 3 rings (SSSR count). The summed E-state index contributed by atoms with van der Waals surface area (Å²) in [6.07, 6.45) is 3.68. The molecule has 0 amide bonds. The average molecular weight is 297 g/mol. The van der Waals surface area contributed by atoms with Gasteiger partial charge in [0.15, 0.2) is 0 Å². The van der Waals surface area contributed by atoms with Crippen LogP contribution in [-0.2, 0) is 11.3 Å². The predicted octanol–water partition coefficient (Wildman–Crippen LogP) is 2.77. The molecule has 0 aliphatic carbocycles. The number of morpholine rings is 1. The van der Waals surface area contributed by atoms with Crippen molar-refractivity contribution in [2.45, 2.75) is 19.5 Å². The van der Waals surface area contributed by atoms with Gasteiger partial charge in [-0.1, -0.05) is 12.1 Å². The smallest absolute Gasteiger partial charge is 0.0642 e. The SMILES string of the molecule is CC(NCc1ccc(N2CCOCC2)cc1)c1ccncc1. The first-order valence-corrected chi connectivity index (χ1v) is 7.88. The molecule has 2 aromatic rings.